The third-order valence-corrected chi connectivity index (χ3v) is 7.66. The fourth-order valence-electron chi connectivity index (χ4n) is 4.98. The molecule has 1 aromatic heterocycles. The summed E-state index contributed by atoms with van der Waals surface area (Å²) in [4.78, 5) is 9.80. The summed E-state index contributed by atoms with van der Waals surface area (Å²) in [5.74, 6) is 0.843. The van der Waals surface area contributed by atoms with Crippen LogP contribution in [0.15, 0.2) is 66.6 Å². The molecule has 5 nitrogen and oxygen atoms in total. The second-order valence-corrected chi connectivity index (χ2v) is 10.3. The molecule has 35 heavy (non-hydrogen) atoms. The van der Waals surface area contributed by atoms with Gasteiger partial charge in [-0.15, -0.1) is 0 Å². The molecule has 0 bridgehead atoms. The molecule has 0 saturated carbocycles. The van der Waals surface area contributed by atoms with Crippen LogP contribution in [0.3, 0.4) is 0 Å². The van der Waals surface area contributed by atoms with Crippen LogP contribution in [-0.2, 0) is 32.1 Å². The lowest BCUT2D eigenvalue weighted by atomic mass is 9.99. The minimum Gasteiger partial charge on any atom is -0.383 e. The third kappa shape index (κ3) is 5.54. The SMILES string of the molecule is C=C(NSc1ccc(CCNC(=C)c2cnc(C)cn2)cc1)Nc1c2c(cc3c1CCC3)CCC2. The molecule has 2 aliphatic rings. The van der Waals surface area contributed by atoms with Gasteiger partial charge in [0, 0.05) is 23.3 Å². The van der Waals surface area contributed by atoms with Gasteiger partial charge in [0.25, 0.3) is 0 Å². The lowest BCUT2D eigenvalue weighted by Gasteiger charge is -2.19. The van der Waals surface area contributed by atoms with Crippen molar-refractivity contribution < 1.29 is 0 Å². The molecule has 0 aliphatic heterocycles. The van der Waals surface area contributed by atoms with E-state index >= 15 is 0 Å². The lowest BCUT2D eigenvalue weighted by molar-refractivity contribution is 0.842. The van der Waals surface area contributed by atoms with Crippen LogP contribution in [0.5, 0.6) is 0 Å². The van der Waals surface area contributed by atoms with E-state index in [9.17, 15) is 0 Å². The van der Waals surface area contributed by atoms with Crippen molar-refractivity contribution in [3.63, 3.8) is 0 Å². The standard InChI is InChI=1S/C29H33N5S/c1-19-17-32-28(18-31-19)20(2)30-15-14-22-10-12-25(13-11-22)35-34-21(3)33-29-26-8-4-6-23(26)16-24-7-5-9-27(24)29/h10-13,16-18,30,33-34H,2-9,14-15H2,1H3. The Morgan fingerprint density at radius 3 is 2.31 bits per heavy atom. The highest BCUT2D eigenvalue weighted by Gasteiger charge is 2.24. The van der Waals surface area contributed by atoms with Gasteiger partial charge in [-0.1, -0.05) is 31.4 Å². The molecule has 2 aliphatic carbocycles. The molecule has 1 heterocycles. The predicted octanol–water partition coefficient (Wildman–Crippen LogP) is 5.75. The summed E-state index contributed by atoms with van der Waals surface area (Å²) in [6.45, 7) is 11.0. The number of hydrogen-bond donors (Lipinski definition) is 3. The number of nitrogens with zero attached hydrogens (tertiary/aromatic N) is 2. The molecule has 0 fully saturated rings. The summed E-state index contributed by atoms with van der Waals surface area (Å²) in [5.41, 5.74) is 11.2. The average Bonchev–Trinajstić information content (AvgIpc) is 3.53. The highest BCUT2D eigenvalue weighted by atomic mass is 32.2. The number of aryl methyl sites for hydroxylation is 3. The Bertz CT molecular complexity index is 1200. The van der Waals surface area contributed by atoms with E-state index in [0.29, 0.717) is 0 Å². The monoisotopic (exact) mass is 483 g/mol. The number of benzene rings is 2. The molecule has 3 aromatic rings. The minimum atomic E-state index is 0.785. The topological polar surface area (TPSA) is 61.9 Å². The summed E-state index contributed by atoms with van der Waals surface area (Å²) in [5, 5.41) is 6.97. The van der Waals surface area contributed by atoms with Crippen LogP contribution in [0, 0.1) is 6.92 Å². The number of fused-ring (bicyclic) bond motifs is 2. The number of anilines is 1. The van der Waals surface area contributed by atoms with Crippen LogP contribution in [0.2, 0.25) is 0 Å². The quantitative estimate of drug-likeness (QED) is 0.320. The maximum atomic E-state index is 4.36. The van der Waals surface area contributed by atoms with E-state index in [1.165, 1.54) is 72.0 Å². The van der Waals surface area contributed by atoms with E-state index in [1.807, 2.05) is 6.92 Å². The van der Waals surface area contributed by atoms with Gasteiger partial charge in [0.15, 0.2) is 0 Å². The molecule has 0 saturated heterocycles. The van der Waals surface area contributed by atoms with E-state index < -0.39 is 0 Å². The van der Waals surface area contributed by atoms with Crippen molar-refractivity contribution >= 4 is 23.3 Å². The third-order valence-electron chi connectivity index (χ3n) is 6.81. The van der Waals surface area contributed by atoms with E-state index in [-0.39, 0.29) is 0 Å². The van der Waals surface area contributed by atoms with Crippen LogP contribution in [0.4, 0.5) is 5.69 Å². The first-order valence-corrected chi connectivity index (χ1v) is 13.2. The highest BCUT2D eigenvalue weighted by molar-refractivity contribution is 7.97. The van der Waals surface area contributed by atoms with Crippen molar-refractivity contribution in [2.75, 3.05) is 11.9 Å². The second kappa shape index (κ2) is 10.6. The summed E-state index contributed by atoms with van der Waals surface area (Å²) in [6, 6.07) is 11.1. The molecule has 6 heteroatoms. The van der Waals surface area contributed by atoms with Crippen molar-refractivity contribution in [3.05, 3.63) is 101 Å². The first kappa shape index (κ1) is 23.5. The van der Waals surface area contributed by atoms with Crippen LogP contribution in [0.25, 0.3) is 5.70 Å². The molecule has 0 amide bonds. The molecule has 5 rings (SSSR count). The van der Waals surface area contributed by atoms with Gasteiger partial charge >= 0.3 is 0 Å². The van der Waals surface area contributed by atoms with Gasteiger partial charge in [-0.25, -0.2) is 0 Å². The Hall–Kier alpha value is -3.25. The largest absolute Gasteiger partial charge is 0.383 e. The van der Waals surface area contributed by atoms with Gasteiger partial charge in [0.2, 0.25) is 0 Å². The van der Waals surface area contributed by atoms with Crippen molar-refractivity contribution in [3.8, 4) is 0 Å². The zero-order valence-corrected chi connectivity index (χ0v) is 21.2. The second-order valence-electron chi connectivity index (χ2n) is 9.38. The van der Waals surface area contributed by atoms with E-state index in [1.54, 1.807) is 24.3 Å². The Kier molecular flexibility index (Phi) is 7.09. The molecule has 0 unspecified atom stereocenters. The van der Waals surface area contributed by atoms with Crippen LogP contribution < -0.4 is 15.4 Å². The Morgan fingerprint density at radius 1 is 0.943 bits per heavy atom. The van der Waals surface area contributed by atoms with Crippen molar-refractivity contribution in [2.45, 2.75) is 56.8 Å². The maximum absolute atomic E-state index is 4.36. The van der Waals surface area contributed by atoms with Crippen LogP contribution in [-0.4, -0.2) is 16.5 Å². The maximum Gasteiger partial charge on any atom is 0.106 e. The number of rotatable bonds is 10. The molecule has 0 atom stereocenters. The van der Waals surface area contributed by atoms with Gasteiger partial charge in [0.05, 0.1) is 17.6 Å². The van der Waals surface area contributed by atoms with Gasteiger partial charge in [-0.3, -0.25) is 9.97 Å². The Balaban J connectivity index is 1.10. The first-order chi connectivity index (χ1) is 17.1. The predicted molar refractivity (Wildman–Crippen MR) is 146 cm³/mol. The van der Waals surface area contributed by atoms with E-state index in [0.717, 1.165) is 40.8 Å². The summed E-state index contributed by atoms with van der Waals surface area (Å²) < 4.78 is 3.40. The highest BCUT2D eigenvalue weighted by Crippen LogP contribution is 2.39. The first-order valence-electron chi connectivity index (χ1n) is 12.4. The van der Waals surface area contributed by atoms with Gasteiger partial charge in [0.1, 0.15) is 11.5 Å². The summed E-state index contributed by atoms with van der Waals surface area (Å²) in [6.07, 6.45) is 11.7. The van der Waals surface area contributed by atoms with E-state index in [2.05, 4.69) is 68.8 Å². The fourth-order valence-corrected chi connectivity index (χ4v) is 5.55. The van der Waals surface area contributed by atoms with Crippen molar-refractivity contribution in [2.24, 2.45) is 0 Å². The van der Waals surface area contributed by atoms with Crippen molar-refractivity contribution in [1.82, 2.24) is 20.0 Å². The number of aromatic nitrogens is 2. The Labute approximate surface area is 212 Å². The zero-order valence-electron chi connectivity index (χ0n) is 20.4. The molecule has 3 N–H and O–H groups in total. The Morgan fingerprint density at radius 2 is 1.66 bits per heavy atom. The van der Waals surface area contributed by atoms with E-state index in [4.69, 9.17) is 0 Å². The molecule has 2 aromatic carbocycles. The molecular weight excluding hydrogens is 450 g/mol. The van der Waals surface area contributed by atoms with Gasteiger partial charge in [-0.2, -0.15) is 0 Å². The smallest absolute Gasteiger partial charge is 0.106 e. The number of nitrogens with one attached hydrogen (secondary N) is 3. The van der Waals surface area contributed by atoms with Crippen molar-refractivity contribution in [1.29, 1.82) is 0 Å². The minimum absolute atomic E-state index is 0.785. The molecular formula is C29H33N5S. The van der Waals surface area contributed by atoms with Crippen LogP contribution >= 0.6 is 11.9 Å². The molecule has 180 valence electrons. The summed E-state index contributed by atoms with van der Waals surface area (Å²) in [7, 11) is 0. The van der Waals surface area contributed by atoms with Gasteiger partial charge in [-0.05, 0) is 104 Å². The normalized spacial score (nSPS) is 13.7. The summed E-state index contributed by atoms with van der Waals surface area (Å²) >= 11 is 1.59. The zero-order chi connectivity index (χ0) is 24.2. The average molecular weight is 484 g/mol. The lowest BCUT2D eigenvalue weighted by Crippen LogP contribution is -2.16. The fraction of sp³-hybridized carbons (Fsp3) is 0.310. The number of hydrogen-bond acceptors (Lipinski definition) is 6. The molecule has 0 radical (unpaired) electrons. The molecule has 0 spiro atoms. The van der Waals surface area contributed by atoms with Crippen LogP contribution in [0.1, 0.15) is 52.0 Å². The van der Waals surface area contributed by atoms with Gasteiger partial charge < -0.3 is 15.4 Å².